The monoisotopic (exact) mass is 439 g/mol. The van der Waals surface area contributed by atoms with Crippen LogP contribution in [0.15, 0.2) is 42.5 Å². The largest absolute Gasteiger partial charge is 0.465 e. The van der Waals surface area contributed by atoms with E-state index in [0.29, 0.717) is 40.1 Å². The van der Waals surface area contributed by atoms with Crippen molar-refractivity contribution in [3.05, 3.63) is 75.6 Å². The van der Waals surface area contributed by atoms with E-state index >= 15 is 0 Å². The Hall–Kier alpha value is -3.25. The summed E-state index contributed by atoms with van der Waals surface area (Å²) < 4.78 is 23.9. The van der Waals surface area contributed by atoms with E-state index in [0.717, 1.165) is 11.1 Å². The van der Waals surface area contributed by atoms with Gasteiger partial charge in [-0.25, -0.2) is 19.0 Å². The molecule has 0 atom stereocenters. The van der Waals surface area contributed by atoms with Gasteiger partial charge in [0.05, 0.1) is 40.8 Å². The van der Waals surface area contributed by atoms with E-state index in [1.807, 2.05) is 0 Å². The summed E-state index contributed by atoms with van der Waals surface area (Å²) in [6.07, 6.45) is 0.200. The lowest BCUT2D eigenvalue weighted by molar-refractivity contribution is 0.0377. The average molecular weight is 440 g/mol. The number of methoxy groups -OCH3 is 1. The summed E-state index contributed by atoms with van der Waals surface area (Å²) in [5, 5.41) is -0.0341. The Morgan fingerprint density at radius 1 is 1.10 bits per heavy atom. The van der Waals surface area contributed by atoms with Gasteiger partial charge in [-0.05, 0) is 61.4 Å². The molecule has 3 aromatic rings. The van der Waals surface area contributed by atoms with Crippen molar-refractivity contribution in [1.29, 1.82) is 0 Å². The first-order valence-electron chi connectivity index (χ1n) is 9.70. The zero-order chi connectivity index (χ0) is 22.3. The number of halogens is 2. The maximum Gasteiger partial charge on any atom is 0.338 e. The standard InChI is InChI=1S/C24H19ClFNO4/c1-12(2)31-23(28)14-4-6-16-15(8-14)9-17-18(24(29)30-3)11-21(27-22(16)17)13-5-7-20(26)19(25)10-13/h4-8,10-12H,9H2,1-3H3. The molecule has 0 N–H and O–H groups in total. The van der Waals surface area contributed by atoms with E-state index in [1.165, 1.54) is 19.2 Å². The third-order valence-electron chi connectivity index (χ3n) is 5.05. The van der Waals surface area contributed by atoms with Crippen molar-refractivity contribution in [2.75, 3.05) is 7.11 Å². The van der Waals surface area contributed by atoms with Gasteiger partial charge in [-0.2, -0.15) is 0 Å². The molecular formula is C24H19ClFNO4. The van der Waals surface area contributed by atoms with E-state index in [-0.39, 0.29) is 11.1 Å². The topological polar surface area (TPSA) is 65.5 Å². The van der Waals surface area contributed by atoms with Crippen molar-refractivity contribution < 1.29 is 23.5 Å². The van der Waals surface area contributed by atoms with Gasteiger partial charge in [0.15, 0.2) is 0 Å². The molecule has 0 bridgehead atoms. The average Bonchev–Trinajstić information content (AvgIpc) is 3.11. The first-order chi connectivity index (χ1) is 14.8. The number of nitrogens with zero attached hydrogens (tertiary/aromatic N) is 1. The number of carbonyl (C=O) groups is 2. The lowest BCUT2D eigenvalue weighted by Crippen LogP contribution is -2.11. The fourth-order valence-electron chi connectivity index (χ4n) is 3.64. The Morgan fingerprint density at radius 2 is 1.87 bits per heavy atom. The second-order valence-corrected chi connectivity index (χ2v) is 7.91. The van der Waals surface area contributed by atoms with Crippen molar-refractivity contribution in [3.63, 3.8) is 0 Å². The maximum atomic E-state index is 13.6. The van der Waals surface area contributed by atoms with Crippen LogP contribution in [0, 0.1) is 5.82 Å². The number of fused-ring (bicyclic) bond motifs is 3. The fourth-order valence-corrected chi connectivity index (χ4v) is 3.82. The number of benzene rings is 2. The molecule has 1 aromatic heterocycles. The van der Waals surface area contributed by atoms with Gasteiger partial charge in [0, 0.05) is 17.5 Å². The zero-order valence-electron chi connectivity index (χ0n) is 17.2. The van der Waals surface area contributed by atoms with E-state index in [2.05, 4.69) is 0 Å². The minimum atomic E-state index is -0.536. The molecule has 0 unspecified atom stereocenters. The summed E-state index contributed by atoms with van der Waals surface area (Å²) >= 11 is 5.94. The van der Waals surface area contributed by atoms with Crippen molar-refractivity contribution in [2.24, 2.45) is 0 Å². The van der Waals surface area contributed by atoms with Crippen molar-refractivity contribution in [1.82, 2.24) is 4.98 Å². The summed E-state index contributed by atoms with van der Waals surface area (Å²) in [7, 11) is 1.31. The molecule has 0 fully saturated rings. The highest BCUT2D eigenvalue weighted by molar-refractivity contribution is 6.31. The highest BCUT2D eigenvalue weighted by atomic mass is 35.5. The lowest BCUT2D eigenvalue weighted by Gasteiger charge is -2.11. The van der Waals surface area contributed by atoms with E-state index < -0.39 is 17.8 Å². The SMILES string of the molecule is COC(=O)c1cc(-c2ccc(F)c(Cl)c2)nc2c1Cc1cc(C(=O)OC(C)C)ccc1-2. The molecule has 1 aliphatic rings. The number of aromatic nitrogens is 1. The molecule has 4 rings (SSSR count). The lowest BCUT2D eigenvalue weighted by atomic mass is 10.0. The van der Waals surface area contributed by atoms with Crippen LogP contribution < -0.4 is 0 Å². The predicted molar refractivity (Wildman–Crippen MR) is 115 cm³/mol. The van der Waals surface area contributed by atoms with Gasteiger partial charge in [-0.3, -0.25) is 0 Å². The molecule has 0 spiro atoms. The van der Waals surface area contributed by atoms with E-state index in [4.69, 9.17) is 26.1 Å². The summed E-state index contributed by atoms with van der Waals surface area (Å²) in [4.78, 5) is 29.5. The Labute approximate surface area is 183 Å². The summed E-state index contributed by atoms with van der Waals surface area (Å²) in [6, 6.07) is 11.1. The van der Waals surface area contributed by atoms with Crippen LogP contribution in [-0.2, 0) is 15.9 Å². The highest BCUT2D eigenvalue weighted by Crippen LogP contribution is 2.40. The molecule has 158 valence electrons. The third kappa shape index (κ3) is 3.91. The maximum absolute atomic E-state index is 13.6. The first-order valence-corrected chi connectivity index (χ1v) is 10.1. The number of hydrogen-bond acceptors (Lipinski definition) is 5. The van der Waals surface area contributed by atoms with Crippen LogP contribution in [0.2, 0.25) is 5.02 Å². The molecule has 2 aromatic carbocycles. The van der Waals surface area contributed by atoms with Crippen LogP contribution in [0.5, 0.6) is 0 Å². The number of carbonyl (C=O) groups excluding carboxylic acids is 2. The minimum absolute atomic E-state index is 0.0341. The van der Waals surface area contributed by atoms with Crippen LogP contribution in [0.25, 0.3) is 22.5 Å². The summed E-state index contributed by atoms with van der Waals surface area (Å²) in [5.74, 6) is -1.44. The van der Waals surface area contributed by atoms with E-state index in [9.17, 15) is 14.0 Å². The molecule has 0 saturated carbocycles. The Morgan fingerprint density at radius 3 is 2.55 bits per heavy atom. The zero-order valence-corrected chi connectivity index (χ0v) is 17.9. The van der Waals surface area contributed by atoms with Gasteiger partial charge in [0.2, 0.25) is 0 Å². The van der Waals surface area contributed by atoms with Gasteiger partial charge in [0.25, 0.3) is 0 Å². The van der Waals surface area contributed by atoms with Crippen LogP contribution in [0.3, 0.4) is 0 Å². The summed E-state index contributed by atoms with van der Waals surface area (Å²) in [5.41, 5.74) is 4.86. The van der Waals surface area contributed by atoms with Crippen LogP contribution in [0.1, 0.15) is 45.7 Å². The molecule has 0 aliphatic heterocycles. The smallest absolute Gasteiger partial charge is 0.338 e. The third-order valence-corrected chi connectivity index (χ3v) is 5.34. The fraction of sp³-hybridized carbons (Fsp3) is 0.208. The molecule has 7 heteroatoms. The number of rotatable bonds is 4. The van der Waals surface area contributed by atoms with Crippen molar-refractivity contribution in [3.8, 4) is 22.5 Å². The molecule has 0 saturated heterocycles. The van der Waals surface area contributed by atoms with Crippen molar-refractivity contribution in [2.45, 2.75) is 26.4 Å². The number of hydrogen-bond donors (Lipinski definition) is 0. The molecule has 0 radical (unpaired) electrons. The molecule has 5 nitrogen and oxygen atoms in total. The van der Waals surface area contributed by atoms with Gasteiger partial charge < -0.3 is 9.47 Å². The van der Waals surface area contributed by atoms with Crippen LogP contribution in [-0.4, -0.2) is 30.1 Å². The first kappa shape index (κ1) is 21.0. The van der Waals surface area contributed by atoms with E-state index in [1.54, 1.807) is 44.2 Å². The second kappa shape index (κ2) is 8.12. The Balaban J connectivity index is 1.84. The number of pyridine rings is 1. The Bertz CT molecular complexity index is 1220. The van der Waals surface area contributed by atoms with Gasteiger partial charge in [0.1, 0.15) is 5.82 Å². The highest BCUT2D eigenvalue weighted by Gasteiger charge is 2.28. The molecule has 1 heterocycles. The van der Waals surface area contributed by atoms with Gasteiger partial charge in [-0.1, -0.05) is 17.7 Å². The molecule has 0 amide bonds. The molecule has 1 aliphatic carbocycles. The molecular weight excluding hydrogens is 421 g/mol. The summed E-state index contributed by atoms with van der Waals surface area (Å²) in [6.45, 7) is 3.58. The van der Waals surface area contributed by atoms with Crippen LogP contribution in [0.4, 0.5) is 4.39 Å². The molecule has 31 heavy (non-hydrogen) atoms. The second-order valence-electron chi connectivity index (χ2n) is 7.51. The Kier molecular flexibility index (Phi) is 5.50. The minimum Gasteiger partial charge on any atom is -0.465 e. The van der Waals surface area contributed by atoms with Gasteiger partial charge >= 0.3 is 11.9 Å². The normalized spacial score (nSPS) is 11.8. The van der Waals surface area contributed by atoms with Crippen LogP contribution >= 0.6 is 11.6 Å². The predicted octanol–water partition coefficient (Wildman–Crippen LogP) is 5.46. The van der Waals surface area contributed by atoms with Crippen molar-refractivity contribution >= 4 is 23.5 Å². The number of ether oxygens (including phenoxy) is 2. The van der Waals surface area contributed by atoms with Gasteiger partial charge in [-0.15, -0.1) is 0 Å². The quantitative estimate of drug-likeness (QED) is 0.395. The number of esters is 2.